The molecule has 0 saturated heterocycles. The van der Waals surface area contributed by atoms with E-state index in [2.05, 4.69) is 22.0 Å². The van der Waals surface area contributed by atoms with Crippen LogP contribution in [0.5, 0.6) is 11.5 Å². The van der Waals surface area contributed by atoms with E-state index >= 15 is 0 Å². The molecule has 0 bridgehead atoms. The summed E-state index contributed by atoms with van der Waals surface area (Å²) in [5.41, 5.74) is 3.04. The van der Waals surface area contributed by atoms with Crippen LogP contribution in [0.4, 0.5) is 0 Å². The van der Waals surface area contributed by atoms with Crippen molar-refractivity contribution in [1.82, 2.24) is 0 Å². The lowest BCUT2D eigenvalue weighted by Crippen LogP contribution is -2.02. The van der Waals surface area contributed by atoms with Gasteiger partial charge in [-0.2, -0.15) is 0 Å². The van der Waals surface area contributed by atoms with Gasteiger partial charge in [-0.1, -0.05) is 34.1 Å². The van der Waals surface area contributed by atoms with Crippen molar-refractivity contribution >= 4 is 15.9 Å². The fourth-order valence-corrected chi connectivity index (χ4v) is 3.12. The number of para-hydroxylation sites is 1. The second-order valence-corrected chi connectivity index (χ2v) is 6.07. The van der Waals surface area contributed by atoms with E-state index in [1.165, 1.54) is 5.56 Å². The Balaban J connectivity index is 1.83. The Kier molecular flexibility index (Phi) is 4.17. The molecule has 1 heterocycles. The summed E-state index contributed by atoms with van der Waals surface area (Å²) in [6.07, 6.45) is 0.386. The van der Waals surface area contributed by atoms with Crippen LogP contribution in [0, 0.1) is 0 Å². The van der Waals surface area contributed by atoms with Crippen LogP contribution in [0.25, 0.3) is 0 Å². The first-order valence-electron chi connectivity index (χ1n) is 6.99. The first-order chi connectivity index (χ1) is 10.1. The molecule has 1 aliphatic rings. The Labute approximate surface area is 132 Å². The van der Waals surface area contributed by atoms with Crippen LogP contribution < -0.4 is 9.47 Å². The highest BCUT2D eigenvalue weighted by molar-refractivity contribution is 9.10. The van der Waals surface area contributed by atoms with E-state index in [0.29, 0.717) is 12.4 Å². The van der Waals surface area contributed by atoms with Crippen molar-refractivity contribution in [2.45, 2.75) is 26.1 Å². The summed E-state index contributed by atoms with van der Waals surface area (Å²) in [6, 6.07) is 11.7. The van der Waals surface area contributed by atoms with E-state index in [4.69, 9.17) is 9.47 Å². The van der Waals surface area contributed by atoms with Gasteiger partial charge in [0, 0.05) is 22.0 Å². The summed E-state index contributed by atoms with van der Waals surface area (Å²) in [5.74, 6) is 1.65. The molecule has 0 spiro atoms. The van der Waals surface area contributed by atoms with Gasteiger partial charge in [0.15, 0.2) is 0 Å². The van der Waals surface area contributed by atoms with Crippen LogP contribution in [-0.2, 0) is 13.0 Å². The van der Waals surface area contributed by atoms with Gasteiger partial charge in [0.25, 0.3) is 0 Å². The van der Waals surface area contributed by atoms with E-state index in [1.807, 2.05) is 30.3 Å². The Morgan fingerprint density at radius 3 is 2.95 bits per heavy atom. The average Bonchev–Trinajstić information content (AvgIpc) is 2.93. The van der Waals surface area contributed by atoms with Crippen LogP contribution >= 0.6 is 15.9 Å². The van der Waals surface area contributed by atoms with Gasteiger partial charge in [-0.3, -0.25) is 0 Å². The second-order valence-electron chi connectivity index (χ2n) is 5.15. The van der Waals surface area contributed by atoms with E-state index in [-0.39, 0.29) is 0 Å². The number of ether oxygens (including phenoxy) is 2. The molecule has 4 heteroatoms. The third-order valence-corrected chi connectivity index (χ3v) is 4.04. The lowest BCUT2D eigenvalue weighted by molar-refractivity contribution is 0.190. The minimum Gasteiger partial charge on any atom is -0.493 e. The fraction of sp³-hybridized carbons (Fsp3) is 0.294. The average molecular weight is 349 g/mol. The van der Waals surface area contributed by atoms with E-state index < -0.39 is 6.10 Å². The van der Waals surface area contributed by atoms with Crippen molar-refractivity contribution in [3.8, 4) is 11.5 Å². The predicted molar refractivity (Wildman–Crippen MR) is 84.7 cm³/mol. The molecule has 0 saturated carbocycles. The highest BCUT2D eigenvalue weighted by Gasteiger charge is 2.18. The Morgan fingerprint density at radius 1 is 1.33 bits per heavy atom. The Morgan fingerprint density at radius 2 is 2.14 bits per heavy atom. The van der Waals surface area contributed by atoms with Crippen LogP contribution in [0.2, 0.25) is 0 Å². The SMILES string of the molecule is CC(O)c1ccccc1OCc1cc(Br)cc2c1OCC2. The third kappa shape index (κ3) is 3.06. The molecule has 0 amide bonds. The summed E-state index contributed by atoms with van der Waals surface area (Å²) >= 11 is 3.53. The summed E-state index contributed by atoms with van der Waals surface area (Å²) < 4.78 is 12.6. The molecule has 1 aliphatic heterocycles. The summed E-state index contributed by atoms with van der Waals surface area (Å²) in [5, 5.41) is 9.79. The molecule has 3 rings (SSSR count). The third-order valence-electron chi connectivity index (χ3n) is 3.58. The first kappa shape index (κ1) is 14.4. The van der Waals surface area contributed by atoms with Crippen LogP contribution in [0.1, 0.15) is 29.7 Å². The monoisotopic (exact) mass is 348 g/mol. The van der Waals surface area contributed by atoms with Crippen LogP contribution in [0.3, 0.4) is 0 Å². The molecule has 21 heavy (non-hydrogen) atoms. The van der Waals surface area contributed by atoms with Crippen molar-refractivity contribution in [2.24, 2.45) is 0 Å². The number of hydrogen-bond donors (Lipinski definition) is 1. The zero-order valence-electron chi connectivity index (χ0n) is 11.8. The van der Waals surface area contributed by atoms with E-state index in [1.54, 1.807) is 6.92 Å². The molecular formula is C17H17BrO3. The molecule has 0 radical (unpaired) electrons. The number of halogens is 1. The van der Waals surface area contributed by atoms with Crippen molar-refractivity contribution in [3.63, 3.8) is 0 Å². The van der Waals surface area contributed by atoms with Gasteiger partial charge in [0.2, 0.25) is 0 Å². The molecule has 0 aromatic heterocycles. The quantitative estimate of drug-likeness (QED) is 0.906. The van der Waals surface area contributed by atoms with Crippen molar-refractivity contribution in [2.75, 3.05) is 6.61 Å². The van der Waals surface area contributed by atoms with Gasteiger partial charge < -0.3 is 14.6 Å². The molecule has 110 valence electrons. The summed E-state index contributed by atoms with van der Waals surface area (Å²) in [4.78, 5) is 0. The van der Waals surface area contributed by atoms with E-state index in [0.717, 1.165) is 34.4 Å². The maximum absolute atomic E-state index is 9.79. The molecule has 1 N–H and O–H groups in total. The molecule has 1 unspecified atom stereocenters. The highest BCUT2D eigenvalue weighted by Crippen LogP contribution is 2.34. The molecule has 1 atom stereocenters. The largest absolute Gasteiger partial charge is 0.493 e. The van der Waals surface area contributed by atoms with Gasteiger partial charge >= 0.3 is 0 Å². The lowest BCUT2D eigenvalue weighted by Gasteiger charge is -2.15. The lowest BCUT2D eigenvalue weighted by atomic mass is 10.1. The van der Waals surface area contributed by atoms with E-state index in [9.17, 15) is 5.11 Å². The van der Waals surface area contributed by atoms with Crippen molar-refractivity contribution < 1.29 is 14.6 Å². The Bertz CT molecular complexity index is 652. The first-order valence-corrected chi connectivity index (χ1v) is 7.78. The van der Waals surface area contributed by atoms with Gasteiger partial charge in [0.05, 0.1) is 12.7 Å². The molecule has 3 nitrogen and oxygen atoms in total. The zero-order valence-corrected chi connectivity index (χ0v) is 13.4. The predicted octanol–water partition coefficient (Wildman–Crippen LogP) is 4.02. The summed E-state index contributed by atoms with van der Waals surface area (Å²) in [6.45, 7) is 2.89. The minimum absolute atomic E-state index is 0.422. The topological polar surface area (TPSA) is 38.7 Å². The standard InChI is InChI=1S/C17H17BrO3/c1-11(19)15-4-2-3-5-16(15)21-10-13-9-14(18)8-12-6-7-20-17(12)13/h2-5,8-9,11,19H,6-7,10H2,1H3. The number of hydrogen-bond acceptors (Lipinski definition) is 3. The zero-order chi connectivity index (χ0) is 14.8. The maximum atomic E-state index is 9.79. The van der Waals surface area contributed by atoms with Gasteiger partial charge in [-0.15, -0.1) is 0 Å². The molecule has 0 fully saturated rings. The van der Waals surface area contributed by atoms with Gasteiger partial charge in [-0.25, -0.2) is 0 Å². The second kappa shape index (κ2) is 6.08. The normalized spacial score (nSPS) is 14.4. The van der Waals surface area contributed by atoms with Crippen molar-refractivity contribution in [1.29, 1.82) is 0 Å². The van der Waals surface area contributed by atoms with Gasteiger partial charge in [-0.05, 0) is 30.7 Å². The number of aliphatic hydroxyl groups is 1. The van der Waals surface area contributed by atoms with Crippen LogP contribution in [-0.4, -0.2) is 11.7 Å². The molecular weight excluding hydrogens is 332 g/mol. The number of fused-ring (bicyclic) bond motifs is 1. The maximum Gasteiger partial charge on any atom is 0.129 e. The number of rotatable bonds is 4. The smallest absolute Gasteiger partial charge is 0.129 e. The number of benzene rings is 2. The molecule has 0 aliphatic carbocycles. The molecule has 2 aromatic carbocycles. The van der Waals surface area contributed by atoms with Gasteiger partial charge in [0.1, 0.15) is 18.1 Å². The van der Waals surface area contributed by atoms with Crippen molar-refractivity contribution in [3.05, 3.63) is 57.6 Å². The minimum atomic E-state index is -0.550. The Hall–Kier alpha value is -1.52. The van der Waals surface area contributed by atoms with Crippen LogP contribution in [0.15, 0.2) is 40.9 Å². The molecule has 2 aromatic rings. The highest BCUT2D eigenvalue weighted by atomic mass is 79.9. The fourth-order valence-electron chi connectivity index (χ4n) is 2.57. The number of aliphatic hydroxyl groups excluding tert-OH is 1. The summed E-state index contributed by atoms with van der Waals surface area (Å²) in [7, 11) is 0.